The van der Waals surface area contributed by atoms with Gasteiger partial charge in [-0.05, 0) is 51.2 Å². The van der Waals surface area contributed by atoms with Crippen molar-refractivity contribution in [1.29, 1.82) is 10.7 Å². The molecule has 1 saturated heterocycles. The molecule has 1 fully saturated rings. The standard InChI is InChI=1S/C28H31Cl2N7O/c1-5-37(6-2)28(4)15-36(16-28)27-18(11-31)9-19(12-35-27)26(33)21-10-20(7-8-24(21)32)38-17(3)25-22(29)13-34-14-23(25)30/h7-10,12-14,17,33H,5-6,15-16,32H2,1-4H3/t17-/m1/s1. The lowest BCUT2D eigenvalue weighted by molar-refractivity contribution is 0.0856. The molecule has 0 amide bonds. The summed E-state index contributed by atoms with van der Waals surface area (Å²) in [5.41, 5.74) is 8.87. The maximum atomic E-state index is 9.88. The first-order valence-corrected chi connectivity index (χ1v) is 13.2. The Morgan fingerprint density at radius 3 is 2.47 bits per heavy atom. The molecule has 1 aromatic carbocycles. The van der Waals surface area contributed by atoms with Gasteiger partial charge in [0.05, 0.1) is 26.9 Å². The zero-order chi connectivity index (χ0) is 27.6. The number of pyridine rings is 2. The van der Waals surface area contributed by atoms with Crippen LogP contribution < -0.4 is 15.4 Å². The fourth-order valence-corrected chi connectivity index (χ4v) is 5.77. The molecule has 1 atom stereocenters. The molecule has 3 N–H and O–H groups in total. The molecule has 38 heavy (non-hydrogen) atoms. The predicted octanol–water partition coefficient (Wildman–Crippen LogP) is 5.71. The van der Waals surface area contributed by atoms with Gasteiger partial charge in [-0.3, -0.25) is 15.3 Å². The third kappa shape index (κ3) is 5.28. The summed E-state index contributed by atoms with van der Waals surface area (Å²) >= 11 is 12.6. The summed E-state index contributed by atoms with van der Waals surface area (Å²) in [4.78, 5) is 13.1. The Morgan fingerprint density at radius 1 is 1.21 bits per heavy atom. The predicted molar refractivity (Wildman–Crippen MR) is 153 cm³/mol. The molecule has 3 aromatic rings. The van der Waals surface area contributed by atoms with E-state index in [9.17, 15) is 5.26 Å². The van der Waals surface area contributed by atoms with Crippen LogP contribution in [-0.4, -0.2) is 52.3 Å². The summed E-state index contributed by atoms with van der Waals surface area (Å²) in [6.45, 7) is 11.9. The number of nitriles is 1. The molecule has 0 saturated carbocycles. The lowest BCUT2D eigenvalue weighted by Gasteiger charge is -2.54. The Labute approximate surface area is 233 Å². The zero-order valence-corrected chi connectivity index (χ0v) is 23.4. The molecule has 1 aliphatic heterocycles. The van der Waals surface area contributed by atoms with E-state index in [0.29, 0.717) is 49.6 Å². The molecule has 0 spiro atoms. The third-order valence-corrected chi connectivity index (χ3v) is 7.67. The molecule has 0 unspecified atom stereocenters. The normalized spacial score (nSPS) is 15.1. The van der Waals surface area contributed by atoms with Crippen LogP contribution in [0.3, 0.4) is 0 Å². The number of nitrogens with one attached hydrogen (secondary N) is 1. The Bertz CT molecular complexity index is 1370. The Morgan fingerprint density at radius 2 is 1.87 bits per heavy atom. The highest BCUT2D eigenvalue weighted by atomic mass is 35.5. The van der Waals surface area contributed by atoms with Crippen molar-refractivity contribution >= 4 is 40.4 Å². The van der Waals surface area contributed by atoms with Gasteiger partial charge in [0.2, 0.25) is 0 Å². The first kappa shape index (κ1) is 27.6. The van der Waals surface area contributed by atoms with Gasteiger partial charge in [-0.15, -0.1) is 0 Å². The summed E-state index contributed by atoms with van der Waals surface area (Å²) in [7, 11) is 0. The van der Waals surface area contributed by atoms with Gasteiger partial charge >= 0.3 is 0 Å². The van der Waals surface area contributed by atoms with E-state index < -0.39 is 6.10 Å². The highest BCUT2D eigenvalue weighted by Gasteiger charge is 2.43. The van der Waals surface area contributed by atoms with Gasteiger partial charge in [0.25, 0.3) is 0 Å². The summed E-state index contributed by atoms with van der Waals surface area (Å²) in [6, 6.07) is 9.06. The summed E-state index contributed by atoms with van der Waals surface area (Å²) in [6.07, 6.45) is 4.19. The number of hydrogen-bond donors (Lipinski definition) is 2. The number of nitrogen functional groups attached to an aromatic ring is 1. The van der Waals surface area contributed by atoms with Gasteiger partial charge in [-0.2, -0.15) is 5.26 Å². The van der Waals surface area contributed by atoms with Crippen LogP contribution in [0.15, 0.2) is 42.9 Å². The number of anilines is 2. The summed E-state index contributed by atoms with van der Waals surface area (Å²) in [5.74, 6) is 1.13. The van der Waals surface area contributed by atoms with Crippen LogP contribution in [-0.2, 0) is 0 Å². The number of aromatic nitrogens is 2. The van der Waals surface area contributed by atoms with E-state index in [1.165, 1.54) is 12.4 Å². The van der Waals surface area contributed by atoms with Crippen molar-refractivity contribution < 1.29 is 4.74 Å². The average molecular weight is 553 g/mol. The van der Waals surface area contributed by atoms with Crippen molar-refractivity contribution in [3.63, 3.8) is 0 Å². The van der Waals surface area contributed by atoms with Crippen molar-refractivity contribution in [2.24, 2.45) is 0 Å². The number of likely N-dealkylation sites (N-methyl/N-ethyl adjacent to an activating group) is 1. The second-order valence-electron chi connectivity index (χ2n) is 9.63. The smallest absolute Gasteiger partial charge is 0.146 e. The van der Waals surface area contributed by atoms with Crippen LogP contribution >= 0.6 is 23.2 Å². The maximum Gasteiger partial charge on any atom is 0.146 e. The third-order valence-electron chi connectivity index (χ3n) is 7.07. The van der Waals surface area contributed by atoms with Crippen LogP contribution in [0.1, 0.15) is 56.1 Å². The molecule has 3 heterocycles. The van der Waals surface area contributed by atoms with E-state index in [1.54, 1.807) is 30.5 Å². The van der Waals surface area contributed by atoms with Gasteiger partial charge < -0.3 is 15.4 Å². The van der Waals surface area contributed by atoms with Crippen molar-refractivity contribution in [3.8, 4) is 11.8 Å². The Balaban J connectivity index is 1.55. The van der Waals surface area contributed by atoms with E-state index in [0.717, 1.165) is 26.2 Å². The number of halogens is 2. The molecular formula is C28H31Cl2N7O. The Kier molecular flexibility index (Phi) is 8.12. The molecule has 198 valence electrons. The highest BCUT2D eigenvalue weighted by Crippen LogP contribution is 2.35. The number of hydrogen-bond acceptors (Lipinski definition) is 8. The van der Waals surface area contributed by atoms with Gasteiger partial charge in [-0.1, -0.05) is 37.0 Å². The first-order valence-electron chi connectivity index (χ1n) is 12.5. The monoisotopic (exact) mass is 551 g/mol. The number of nitrogens with two attached hydrogens (primary N) is 1. The minimum atomic E-state index is -0.464. The fourth-order valence-electron chi connectivity index (χ4n) is 5.09. The van der Waals surface area contributed by atoms with Gasteiger partial charge in [0.1, 0.15) is 23.7 Å². The molecule has 2 aromatic heterocycles. The Hall–Kier alpha value is -3.38. The largest absolute Gasteiger partial charge is 0.486 e. The van der Waals surface area contributed by atoms with E-state index in [4.69, 9.17) is 39.1 Å². The molecule has 8 nitrogen and oxygen atoms in total. The molecular weight excluding hydrogens is 521 g/mol. The maximum absolute atomic E-state index is 9.88. The van der Waals surface area contributed by atoms with Crippen molar-refractivity contribution in [2.45, 2.75) is 39.3 Å². The van der Waals surface area contributed by atoms with E-state index in [2.05, 4.69) is 46.6 Å². The van der Waals surface area contributed by atoms with Crippen molar-refractivity contribution in [2.75, 3.05) is 36.8 Å². The van der Waals surface area contributed by atoms with Crippen LogP contribution in [0.25, 0.3) is 0 Å². The number of nitrogens with zero attached hydrogens (tertiary/aromatic N) is 5. The zero-order valence-electron chi connectivity index (χ0n) is 21.9. The highest BCUT2D eigenvalue weighted by molar-refractivity contribution is 6.35. The quantitative estimate of drug-likeness (QED) is 0.258. The van der Waals surface area contributed by atoms with Crippen molar-refractivity contribution in [3.05, 3.63) is 75.2 Å². The van der Waals surface area contributed by atoms with Crippen molar-refractivity contribution in [1.82, 2.24) is 14.9 Å². The summed E-state index contributed by atoms with van der Waals surface area (Å²) < 4.78 is 6.09. The van der Waals surface area contributed by atoms with Gasteiger partial charge in [-0.25, -0.2) is 4.98 Å². The van der Waals surface area contributed by atoms with E-state index >= 15 is 0 Å². The molecule has 0 aliphatic carbocycles. The van der Waals surface area contributed by atoms with E-state index in [-0.39, 0.29) is 11.3 Å². The topological polar surface area (TPSA) is 115 Å². The second-order valence-corrected chi connectivity index (χ2v) is 10.4. The SMILES string of the molecule is CCN(CC)C1(C)CN(c2ncc(C(=N)c3cc(O[C@H](C)c4c(Cl)cncc4Cl)ccc3N)cc2C#N)C1. The van der Waals surface area contributed by atoms with Crippen LogP contribution in [0.5, 0.6) is 5.75 Å². The molecule has 0 bridgehead atoms. The molecule has 10 heteroatoms. The van der Waals surface area contributed by atoms with Gasteiger partial charge in [0.15, 0.2) is 0 Å². The lowest BCUT2D eigenvalue weighted by Crippen LogP contribution is -2.69. The summed E-state index contributed by atoms with van der Waals surface area (Å²) in [5, 5.41) is 19.5. The number of benzene rings is 1. The average Bonchev–Trinajstić information content (AvgIpc) is 2.88. The minimum Gasteiger partial charge on any atom is -0.486 e. The second kappa shape index (κ2) is 11.2. The molecule has 0 radical (unpaired) electrons. The minimum absolute atomic E-state index is 0.0556. The fraction of sp³-hybridized carbons (Fsp3) is 0.357. The van der Waals surface area contributed by atoms with Crippen LogP contribution in [0.2, 0.25) is 10.0 Å². The van der Waals surface area contributed by atoms with Gasteiger partial charge in [0, 0.05) is 54.1 Å². The van der Waals surface area contributed by atoms with Crippen LogP contribution in [0.4, 0.5) is 11.5 Å². The molecule has 1 aliphatic rings. The van der Waals surface area contributed by atoms with E-state index in [1.807, 2.05) is 6.92 Å². The number of rotatable bonds is 9. The number of ether oxygens (including phenoxy) is 1. The van der Waals surface area contributed by atoms with Crippen LogP contribution in [0, 0.1) is 16.7 Å². The first-order chi connectivity index (χ1) is 18.1. The lowest BCUT2D eigenvalue weighted by atomic mass is 9.89. The molecule has 4 rings (SSSR count).